The summed E-state index contributed by atoms with van der Waals surface area (Å²) in [6.45, 7) is 6.96. The molecule has 0 aromatic heterocycles. The van der Waals surface area contributed by atoms with Crippen molar-refractivity contribution in [3.05, 3.63) is 48.7 Å². The van der Waals surface area contributed by atoms with Crippen molar-refractivity contribution in [1.29, 1.82) is 0 Å². The normalized spacial score (nSPS) is 17.1. The molecule has 0 saturated heterocycles. The maximum Gasteiger partial charge on any atom is 0.333 e. The summed E-state index contributed by atoms with van der Waals surface area (Å²) in [4.78, 5) is 15.1. The lowest BCUT2D eigenvalue weighted by Gasteiger charge is -2.42. The van der Waals surface area contributed by atoms with Gasteiger partial charge < -0.3 is 19.5 Å². The first-order chi connectivity index (χ1) is 18.2. The second kappa shape index (κ2) is 13.6. The van der Waals surface area contributed by atoms with Crippen molar-refractivity contribution in [2.75, 3.05) is 30.1 Å². The van der Waals surface area contributed by atoms with Gasteiger partial charge in [-0.2, -0.15) is 10.6 Å². The van der Waals surface area contributed by atoms with Crippen LogP contribution in [0, 0.1) is 5.41 Å². The summed E-state index contributed by atoms with van der Waals surface area (Å²) in [5.74, 6) is 0.390. The van der Waals surface area contributed by atoms with Crippen LogP contribution in [0.4, 0.5) is 11.4 Å². The number of phenols is 1. The lowest BCUT2D eigenvalue weighted by atomic mass is 9.79. The average Bonchev–Trinajstić information content (AvgIpc) is 2.98. The zero-order valence-corrected chi connectivity index (χ0v) is 24.4. The Bertz CT molecular complexity index is 1090. The van der Waals surface area contributed by atoms with Crippen molar-refractivity contribution in [1.82, 2.24) is 0 Å². The van der Waals surface area contributed by atoms with Crippen LogP contribution in [0.1, 0.15) is 59.3 Å². The molecule has 0 atom stereocenters. The number of fused-ring (bicyclic) bond motifs is 1. The van der Waals surface area contributed by atoms with Gasteiger partial charge in [0.1, 0.15) is 11.5 Å². The van der Waals surface area contributed by atoms with Gasteiger partial charge in [0.05, 0.1) is 34.4 Å². The van der Waals surface area contributed by atoms with E-state index in [9.17, 15) is 19.0 Å². The molecule has 0 bridgehead atoms. The minimum atomic E-state index is -3.19. The van der Waals surface area contributed by atoms with Crippen molar-refractivity contribution in [2.45, 2.75) is 69.1 Å². The number of rotatable bonds is 12. The molecule has 2 aromatic rings. The van der Waals surface area contributed by atoms with E-state index in [4.69, 9.17) is 9.47 Å². The molecule has 0 aliphatic carbocycles. The molecule has 1 heterocycles. The minimum absolute atomic E-state index is 0.179. The highest BCUT2D eigenvalue weighted by atomic mass is 32.3. The number of ether oxygens (including phenoxy) is 2. The van der Waals surface area contributed by atoms with E-state index in [0.29, 0.717) is 17.2 Å². The fourth-order valence-corrected chi connectivity index (χ4v) is 7.70. The van der Waals surface area contributed by atoms with Crippen molar-refractivity contribution in [2.24, 2.45) is 5.41 Å². The van der Waals surface area contributed by atoms with Crippen molar-refractivity contribution < 1.29 is 28.5 Å². The second-order valence-electron chi connectivity index (χ2n) is 9.76. The highest BCUT2D eigenvalue weighted by molar-refractivity contribution is 8.24. The molecule has 0 spiro atoms. The van der Waals surface area contributed by atoms with E-state index in [0.717, 1.165) is 54.8 Å². The molecule has 0 fully saturated rings. The average molecular weight is 564 g/mol. The summed E-state index contributed by atoms with van der Waals surface area (Å²) < 4.78 is 34.2. The van der Waals surface area contributed by atoms with E-state index < -0.39 is 16.6 Å². The number of carbonyl (C=O) groups is 1. The van der Waals surface area contributed by atoms with Crippen molar-refractivity contribution >= 4 is 39.7 Å². The van der Waals surface area contributed by atoms with E-state index in [2.05, 4.69) is 18.7 Å². The van der Waals surface area contributed by atoms with E-state index in [1.807, 2.05) is 24.5 Å². The van der Waals surface area contributed by atoms with Gasteiger partial charge in [-0.3, -0.25) is 9.11 Å². The topological polar surface area (TPSA) is 99.5 Å². The Kier molecular flexibility index (Phi) is 10.8. The van der Waals surface area contributed by atoms with Gasteiger partial charge in [0, 0.05) is 29.5 Å². The standard InChI is InChI=1S/C29H41NO6S2/c1-5-8-15-29(16-9-6-2)20-30(22-10-12-23(31)13-11-22)24-18-26(37-4)25(19-27(24)38(33,34)21-29)36-17-14-28(32)35-7-3/h10-14,17-19,31,33-34H,5-9,15-16,20-21H2,1-4H3/b17-14+. The SMILES string of the molecule is CCCCC1(CCCC)CN(c2ccc(O)cc2)c2cc(SC)c(O/C=C/C(=O)OCC)cc2S(O)(O)C1. The van der Waals surface area contributed by atoms with Gasteiger partial charge >= 0.3 is 5.97 Å². The molecule has 7 nitrogen and oxygen atoms in total. The molecule has 0 unspecified atom stereocenters. The lowest BCUT2D eigenvalue weighted by Crippen LogP contribution is -2.37. The van der Waals surface area contributed by atoms with Crippen LogP contribution < -0.4 is 9.64 Å². The molecule has 3 rings (SSSR count). The molecule has 0 amide bonds. The minimum Gasteiger partial charge on any atom is -0.508 e. The number of hydrogen-bond acceptors (Lipinski definition) is 8. The molecule has 210 valence electrons. The van der Waals surface area contributed by atoms with Crippen LogP contribution >= 0.6 is 22.4 Å². The third-order valence-electron chi connectivity index (χ3n) is 6.86. The second-order valence-corrected chi connectivity index (χ2v) is 12.7. The molecule has 0 saturated carbocycles. The van der Waals surface area contributed by atoms with Crippen molar-refractivity contribution in [3.63, 3.8) is 0 Å². The summed E-state index contributed by atoms with van der Waals surface area (Å²) in [7, 11) is -3.19. The van der Waals surface area contributed by atoms with Gasteiger partial charge in [0.25, 0.3) is 0 Å². The summed E-state index contributed by atoms with van der Waals surface area (Å²) in [6.07, 6.45) is 10.3. The number of esters is 1. The molecule has 2 aromatic carbocycles. The fourth-order valence-electron chi connectivity index (χ4n) is 4.97. The fraction of sp³-hybridized carbons (Fsp3) is 0.483. The maximum atomic E-state index is 11.7. The van der Waals surface area contributed by atoms with Gasteiger partial charge in [-0.15, -0.1) is 11.8 Å². The molecule has 3 N–H and O–H groups in total. The van der Waals surface area contributed by atoms with Crippen LogP contribution in [0.2, 0.25) is 0 Å². The first-order valence-corrected chi connectivity index (χ1v) is 16.2. The smallest absolute Gasteiger partial charge is 0.333 e. The Morgan fingerprint density at radius 1 is 1.11 bits per heavy atom. The molecule has 9 heteroatoms. The highest BCUT2D eigenvalue weighted by Crippen LogP contribution is 2.62. The largest absolute Gasteiger partial charge is 0.508 e. The highest BCUT2D eigenvalue weighted by Gasteiger charge is 2.42. The van der Waals surface area contributed by atoms with Gasteiger partial charge in [-0.05, 0) is 56.4 Å². The molecule has 1 aliphatic heterocycles. The molecular weight excluding hydrogens is 522 g/mol. The van der Waals surface area contributed by atoms with Crippen LogP contribution in [-0.4, -0.2) is 45.3 Å². The van der Waals surface area contributed by atoms with Gasteiger partial charge in [-0.25, -0.2) is 4.79 Å². The van der Waals surface area contributed by atoms with Crippen molar-refractivity contribution in [3.8, 4) is 11.5 Å². The van der Waals surface area contributed by atoms with Crippen LogP contribution in [-0.2, 0) is 9.53 Å². The zero-order valence-electron chi connectivity index (χ0n) is 22.8. The molecule has 0 radical (unpaired) electrons. The summed E-state index contributed by atoms with van der Waals surface area (Å²) >= 11 is 1.48. The van der Waals surface area contributed by atoms with Crippen LogP contribution in [0.3, 0.4) is 0 Å². The Labute approximate surface area is 232 Å². The zero-order chi connectivity index (χ0) is 27.8. The predicted octanol–water partition coefficient (Wildman–Crippen LogP) is 8.20. The third kappa shape index (κ3) is 7.40. The Hall–Kier alpha value is -2.33. The number of nitrogens with zero attached hydrogens (tertiary/aromatic N) is 1. The lowest BCUT2D eigenvalue weighted by molar-refractivity contribution is -0.137. The summed E-state index contributed by atoms with van der Waals surface area (Å²) in [5.41, 5.74) is 1.30. The van der Waals surface area contributed by atoms with Crippen LogP contribution in [0.25, 0.3) is 0 Å². The number of phenolic OH excluding ortho intramolecular Hbond substituents is 1. The van der Waals surface area contributed by atoms with Gasteiger partial charge in [0.15, 0.2) is 0 Å². The quantitative estimate of drug-likeness (QED) is 0.103. The number of aromatic hydroxyl groups is 1. The Morgan fingerprint density at radius 2 is 1.76 bits per heavy atom. The first-order valence-electron chi connectivity index (χ1n) is 13.2. The number of anilines is 2. The Balaban J connectivity index is 2.17. The number of hydrogen-bond donors (Lipinski definition) is 3. The number of benzene rings is 2. The molecular formula is C29H41NO6S2. The van der Waals surface area contributed by atoms with Gasteiger partial charge in [-0.1, -0.05) is 39.5 Å². The van der Waals surface area contributed by atoms with E-state index in [1.165, 1.54) is 24.1 Å². The molecule has 38 heavy (non-hydrogen) atoms. The number of unbranched alkanes of at least 4 members (excludes halogenated alkanes) is 2. The number of thioether (sulfide) groups is 1. The summed E-state index contributed by atoms with van der Waals surface area (Å²) in [5, 5.41) is 9.94. The van der Waals surface area contributed by atoms with Gasteiger partial charge in [0.2, 0.25) is 0 Å². The number of carbonyl (C=O) groups excluding carboxylic acids is 1. The molecule has 1 aliphatic rings. The van der Waals surface area contributed by atoms with E-state index in [-0.39, 0.29) is 23.5 Å². The van der Waals surface area contributed by atoms with Crippen LogP contribution in [0.15, 0.2) is 58.5 Å². The first kappa shape index (κ1) is 30.2. The predicted molar refractivity (Wildman–Crippen MR) is 157 cm³/mol. The van der Waals surface area contributed by atoms with E-state index in [1.54, 1.807) is 25.1 Å². The van der Waals surface area contributed by atoms with Crippen LogP contribution in [0.5, 0.6) is 11.5 Å². The maximum absolute atomic E-state index is 11.7. The monoisotopic (exact) mass is 563 g/mol. The third-order valence-corrected chi connectivity index (χ3v) is 9.66. The van der Waals surface area contributed by atoms with E-state index >= 15 is 0 Å². The Morgan fingerprint density at radius 3 is 2.34 bits per heavy atom. The summed E-state index contributed by atoms with van der Waals surface area (Å²) in [6, 6.07) is 10.7.